The van der Waals surface area contributed by atoms with Gasteiger partial charge < -0.3 is 4.74 Å². The van der Waals surface area contributed by atoms with E-state index in [1.54, 1.807) is 24.3 Å². The Morgan fingerprint density at radius 3 is 2.41 bits per heavy atom. The fraction of sp³-hybridized carbons (Fsp3) is 0.200. The Labute approximate surface area is 156 Å². The van der Waals surface area contributed by atoms with Crippen LogP contribution in [0.4, 0.5) is 10.5 Å². The summed E-state index contributed by atoms with van der Waals surface area (Å²) in [6.07, 6.45) is 5.36. The maximum Gasteiger partial charge on any atom is 0.335 e. The Morgan fingerprint density at radius 1 is 1.11 bits per heavy atom. The number of benzene rings is 1. The smallest absolute Gasteiger partial charge is 0.335 e. The third-order valence-corrected chi connectivity index (χ3v) is 4.13. The molecule has 7 heteroatoms. The van der Waals surface area contributed by atoms with Gasteiger partial charge in [-0.3, -0.25) is 19.9 Å². The zero-order chi connectivity index (χ0) is 19.4. The van der Waals surface area contributed by atoms with Crippen LogP contribution in [0.25, 0.3) is 6.08 Å². The SMILES string of the molecule is CC[C@H](C)Oc1ccc(/C=C2\C(=O)NC(=O)N(c3ccncc3)C2=O)cc1. The van der Waals surface area contributed by atoms with Crippen molar-refractivity contribution in [3.05, 3.63) is 59.9 Å². The summed E-state index contributed by atoms with van der Waals surface area (Å²) in [4.78, 5) is 41.8. The molecule has 4 amide bonds. The lowest BCUT2D eigenvalue weighted by Gasteiger charge is -2.26. The van der Waals surface area contributed by atoms with E-state index in [-0.39, 0.29) is 11.7 Å². The van der Waals surface area contributed by atoms with Gasteiger partial charge >= 0.3 is 6.03 Å². The van der Waals surface area contributed by atoms with E-state index in [4.69, 9.17) is 4.74 Å². The van der Waals surface area contributed by atoms with E-state index in [1.807, 2.05) is 13.8 Å². The van der Waals surface area contributed by atoms with E-state index >= 15 is 0 Å². The van der Waals surface area contributed by atoms with Crippen molar-refractivity contribution in [3.8, 4) is 5.75 Å². The van der Waals surface area contributed by atoms with Gasteiger partial charge in [-0.15, -0.1) is 0 Å². The van der Waals surface area contributed by atoms with E-state index in [1.165, 1.54) is 30.6 Å². The molecular weight excluding hydrogens is 346 g/mol. The first-order valence-electron chi connectivity index (χ1n) is 8.57. The van der Waals surface area contributed by atoms with Gasteiger partial charge in [0.1, 0.15) is 11.3 Å². The number of urea groups is 1. The van der Waals surface area contributed by atoms with Crippen molar-refractivity contribution in [1.29, 1.82) is 0 Å². The van der Waals surface area contributed by atoms with Gasteiger partial charge in [-0.1, -0.05) is 19.1 Å². The highest BCUT2D eigenvalue weighted by Gasteiger charge is 2.36. The van der Waals surface area contributed by atoms with Crippen molar-refractivity contribution < 1.29 is 19.1 Å². The van der Waals surface area contributed by atoms with Gasteiger partial charge in [-0.2, -0.15) is 0 Å². The van der Waals surface area contributed by atoms with Gasteiger partial charge in [0.15, 0.2) is 0 Å². The lowest BCUT2D eigenvalue weighted by Crippen LogP contribution is -2.54. The third kappa shape index (κ3) is 4.03. The molecule has 27 heavy (non-hydrogen) atoms. The first-order valence-corrected chi connectivity index (χ1v) is 8.57. The first-order chi connectivity index (χ1) is 13.0. The second-order valence-corrected chi connectivity index (χ2v) is 6.07. The number of rotatable bonds is 5. The van der Waals surface area contributed by atoms with Crippen LogP contribution in [0.3, 0.4) is 0 Å². The van der Waals surface area contributed by atoms with E-state index in [9.17, 15) is 14.4 Å². The molecule has 2 heterocycles. The minimum Gasteiger partial charge on any atom is -0.491 e. The monoisotopic (exact) mass is 365 g/mol. The van der Waals surface area contributed by atoms with Crippen LogP contribution in [0.5, 0.6) is 5.75 Å². The van der Waals surface area contributed by atoms with Crippen molar-refractivity contribution in [1.82, 2.24) is 10.3 Å². The van der Waals surface area contributed by atoms with Crippen molar-refractivity contribution >= 4 is 29.6 Å². The summed E-state index contributed by atoms with van der Waals surface area (Å²) in [7, 11) is 0. The molecule has 0 spiro atoms. The van der Waals surface area contributed by atoms with Gasteiger partial charge in [0.25, 0.3) is 11.8 Å². The molecule has 0 saturated carbocycles. The number of aromatic nitrogens is 1. The molecule has 7 nitrogen and oxygen atoms in total. The fourth-order valence-corrected chi connectivity index (χ4v) is 2.51. The third-order valence-electron chi connectivity index (χ3n) is 4.13. The summed E-state index contributed by atoms with van der Waals surface area (Å²) in [5.74, 6) is -0.704. The van der Waals surface area contributed by atoms with Gasteiger partial charge in [-0.05, 0) is 49.2 Å². The molecular formula is C20H19N3O4. The Morgan fingerprint density at radius 2 is 1.78 bits per heavy atom. The first kappa shape index (κ1) is 18.3. The molecule has 1 aliphatic heterocycles. The number of carbonyl (C=O) groups is 3. The highest BCUT2D eigenvalue weighted by Crippen LogP contribution is 2.22. The van der Waals surface area contributed by atoms with Crippen LogP contribution in [0, 0.1) is 0 Å². The minimum absolute atomic E-state index is 0.0971. The molecule has 1 N–H and O–H groups in total. The molecule has 1 aromatic heterocycles. The summed E-state index contributed by atoms with van der Waals surface area (Å²) in [6.45, 7) is 4.01. The molecule has 1 saturated heterocycles. The largest absolute Gasteiger partial charge is 0.491 e. The second kappa shape index (κ2) is 7.82. The topological polar surface area (TPSA) is 88.6 Å². The molecule has 1 atom stereocenters. The minimum atomic E-state index is -0.786. The number of amides is 4. The zero-order valence-electron chi connectivity index (χ0n) is 15.0. The summed E-state index contributed by atoms with van der Waals surface area (Å²) in [5.41, 5.74) is 0.860. The Hall–Kier alpha value is -3.48. The van der Waals surface area contributed by atoms with Crippen LogP contribution in [0.15, 0.2) is 54.4 Å². The number of carbonyl (C=O) groups excluding carboxylic acids is 3. The average molecular weight is 365 g/mol. The number of hydrogen-bond donors (Lipinski definition) is 1. The zero-order valence-corrected chi connectivity index (χ0v) is 15.0. The van der Waals surface area contributed by atoms with Crippen molar-refractivity contribution in [2.75, 3.05) is 4.90 Å². The number of barbiturate groups is 1. The summed E-state index contributed by atoms with van der Waals surface area (Å²) in [6, 6.07) is 9.30. The van der Waals surface area contributed by atoms with Gasteiger partial charge in [0.2, 0.25) is 0 Å². The van der Waals surface area contributed by atoms with Crippen LogP contribution >= 0.6 is 0 Å². The van der Waals surface area contributed by atoms with Crippen LogP contribution in [0.1, 0.15) is 25.8 Å². The summed E-state index contributed by atoms with van der Waals surface area (Å²) >= 11 is 0. The van der Waals surface area contributed by atoms with Crippen molar-refractivity contribution in [2.24, 2.45) is 0 Å². The normalized spacial score (nSPS) is 17.0. The van der Waals surface area contributed by atoms with E-state index in [2.05, 4.69) is 10.3 Å². The van der Waals surface area contributed by atoms with E-state index in [0.717, 1.165) is 11.3 Å². The number of pyridine rings is 1. The number of hydrogen-bond acceptors (Lipinski definition) is 5. The highest BCUT2D eigenvalue weighted by atomic mass is 16.5. The van der Waals surface area contributed by atoms with Crippen LogP contribution in [0.2, 0.25) is 0 Å². The molecule has 1 aromatic carbocycles. The second-order valence-electron chi connectivity index (χ2n) is 6.07. The van der Waals surface area contributed by atoms with Crippen molar-refractivity contribution in [2.45, 2.75) is 26.4 Å². The standard InChI is InChI=1S/C20H19N3O4/c1-3-13(2)27-16-6-4-14(5-7-16)12-17-18(24)22-20(26)23(19(17)25)15-8-10-21-11-9-15/h4-13H,3H2,1-2H3,(H,22,24,26)/b17-12+/t13-/m0/s1. The maximum atomic E-state index is 12.7. The number of nitrogens with zero attached hydrogens (tertiary/aromatic N) is 2. The lowest BCUT2D eigenvalue weighted by molar-refractivity contribution is -0.122. The maximum absolute atomic E-state index is 12.7. The average Bonchev–Trinajstić information content (AvgIpc) is 2.67. The molecule has 0 radical (unpaired) electrons. The van der Waals surface area contributed by atoms with Gasteiger partial charge in [-0.25, -0.2) is 9.69 Å². The molecule has 138 valence electrons. The van der Waals surface area contributed by atoms with Crippen LogP contribution in [-0.4, -0.2) is 28.9 Å². The number of ether oxygens (including phenoxy) is 1. The van der Waals surface area contributed by atoms with Gasteiger partial charge in [0, 0.05) is 12.4 Å². The van der Waals surface area contributed by atoms with E-state index < -0.39 is 17.8 Å². The molecule has 0 bridgehead atoms. The van der Waals surface area contributed by atoms with Crippen LogP contribution in [-0.2, 0) is 9.59 Å². The predicted molar refractivity (Wildman–Crippen MR) is 100 cm³/mol. The Balaban J connectivity index is 1.87. The predicted octanol–water partition coefficient (Wildman–Crippen LogP) is 2.93. The molecule has 1 fully saturated rings. The van der Waals surface area contributed by atoms with Gasteiger partial charge in [0.05, 0.1) is 11.8 Å². The quantitative estimate of drug-likeness (QED) is 0.650. The molecule has 3 rings (SSSR count). The lowest BCUT2D eigenvalue weighted by atomic mass is 10.1. The van der Waals surface area contributed by atoms with Crippen LogP contribution < -0.4 is 15.0 Å². The summed E-state index contributed by atoms with van der Waals surface area (Å²) in [5, 5.41) is 2.19. The number of imide groups is 2. The van der Waals surface area contributed by atoms with Crippen molar-refractivity contribution in [3.63, 3.8) is 0 Å². The molecule has 0 aliphatic carbocycles. The Kier molecular flexibility index (Phi) is 5.30. The van der Waals surface area contributed by atoms with E-state index in [0.29, 0.717) is 17.0 Å². The molecule has 1 aliphatic rings. The number of anilines is 1. The molecule has 0 unspecified atom stereocenters. The number of nitrogens with one attached hydrogen (secondary N) is 1. The highest BCUT2D eigenvalue weighted by molar-refractivity contribution is 6.39. The Bertz CT molecular complexity index is 891. The fourth-order valence-electron chi connectivity index (χ4n) is 2.51. The molecule has 2 aromatic rings. The summed E-state index contributed by atoms with van der Waals surface area (Å²) < 4.78 is 5.71.